The lowest BCUT2D eigenvalue weighted by Gasteiger charge is -2.28. The van der Waals surface area contributed by atoms with E-state index < -0.39 is 0 Å². The minimum Gasteiger partial charge on any atom is -0.337 e. The molecule has 0 atom stereocenters. The van der Waals surface area contributed by atoms with Gasteiger partial charge in [-0.25, -0.2) is 4.39 Å². The Kier molecular flexibility index (Phi) is 4.49. The zero-order chi connectivity index (χ0) is 18.1. The van der Waals surface area contributed by atoms with E-state index in [1.807, 2.05) is 45.9 Å². The van der Waals surface area contributed by atoms with Gasteiger partial charge in [-0.05, 0) is 30.0 Å². The van der Waals surface area contributed by atoms with Crippen LogP contribution in [0.1, 0.15) is 41.4 Å². The molecular weight excluding hydrogens is 327 g/mol. The van der Waals surface area contributed by atoms with Gasteiger partial charge in [0.15, 0.2) is 0 Å². The van der Waals surface area contributed by atoms with Crippen molar-refractivity contribution in [2.24, 2.45) is 0 Å². The number of benzene rings is 2. The highest BCUT2D eigenvalue weighted by molar-refractivity contribution is 6.03. The second-order valence-electron chi connectivity index (χ2n) is 6.93. The van der Waals surface area contributed by atoms with Gasteiger partial charge in [0, 0.05) is 25.0 Å². The maximum Gasteiger partial charge on any atom is 0.270 e. The maximum atomic E-state index is 14.7. The number of nitrogens with zero attached hydrogens (tertiary/aromatic N) is 2. The highest BCUT2D eigenvalue weighted by Crippen LogP contribution is 2.33. The Morgan fingerprint density at radius 2 is 1.88 bits per heavy atom. The number of amides is 1. The Bertz CT molecular complexity index is 946. The van der Waals surface area contributed by atoms with Gasteiger partial charge in [0.1, 0.15) is 11.5 Å². The molecule has 0 bridgehead atoms. The molecule has 1 amide bonds. The van der Waals surface area contributed by atoms with Gasteiger partial charge in [-0.3, -0.25) is 4.79 Å². The first-order valence-corrected chi connectivity index (χ1v) is 9.33. The third-order valence-electron chi connectivity index (χ3n) is 5.22. The van der Waals surface area contributed by atoms with Crippen molar-refractivity contribution >= 4 is 16.8 Å². The Hall–Kier alpha value is -2.62. The van der Waals surface area contributed by atoms with Crippen LogP contribution in [0.5, 0.6) is 0 Å². The standard InChI is InChI=1S/C22H23FN2O/c1-2-3-13-24-14-12-18-17-10-7-11-19(23)20(17)25(21(18)22(24)26)15-16-8-5-4-6-9-16/h4-11H,2-3,12-15H2,1H3. The molecule has 4 rings (SSSR count). The van der Waals surface area contributed by atoms with Crippen molar-refractivity contribution < 1.29 is 9.18 Å². The van der Waals surface area contributed by atoms with Crippen molar-refractivity contribution in [1.82, 2.24) is 9.47 Å². The number of aromatic nitrogens is 1. The molecule has 4 heteroatoms. The molecule has 2 aromatic carbocycles. The normalized spacial score (nSPS) is 14.1. The van der Waals surface area contributed by atoms with Crippen molar-refractivity contribution in [1.29, 1.82) is 0 Å². The summed E-state index contributed by atoms with van der Waals surface area (Å²) >= 11 is 0. The zero-order valence-electron chi connectivity index (χ0n) is 15.0. The molecule has 1 aliphatic rings. The molecule has 0 N–H and O–H groups in total. The number of hydrogen-bond donors (Lipinski definition) is 0. The average Bonchev–Trinajstić information content (AvgIpc) is 2.98. The summed E-state index contributed by atoms with van der Waals surface area (Å²) in [6.45, 7) is 4.11. The molecule has 0 saturated carbocycles. The lowest BCUT2D eigenvalue weighted by molar-refractivity contribution is 0.0727. The molecule has 0 saturated heterocycles. The molecule has 3 nitrogen and oxygen atoms in total. The summed E-state index contributed by atoms with van der Waals surface area (Å²) in [7, 11) is 0. The quantitative estimate of drug-likeness (QED) is 0.659. The number of para-hydroxylation sites is 1. The van der Waals surface area contributed by atoms with E-state index in [-0.39, 0.29) is 11.7 Å². The summed E-state index contributed by atoms with van der Waals surface area (Å²) in [5.74, 6) is -0.230. The summed E-state index contributed by atoms with van der Waals surface area (Å²) in [6.07, 6.45) is 2.83. The minimum atomic E-state index is -0.263. The highest BCUT2D eigenvalue weighted by Gasteiger charge is 2.31. The maximum absolute atomic E-state index is 14.7. The molecule has 1 aromatic heterocycles. The van der Waals surface area contributed by atoms with E-state index in [0.29, 0.717) is 24.3 Å². The number of fused-ring (bicyclic) bond motifs is 3. The number of carbonyl (C=O) groups is 1. The molecule has 2 heterocycles. The van der Waals surface area contributed by atoms with Crippen LogP contribution in [-0.4, -0.2) is 28.5 Å². The van der Waals surface area contributed by atoms with Crippen molar-refractivity contribution in [3.05, 3.63) is 71.2 Å². The van der Waals surface area contributed by atoms with E-state index in [9.17, 15) is 9.18 Å². The third kappa shape index (κ3) is 2.79. The molecular formula is C22H23FN2O. The Morgan fingerprint density at radius 3 is 2.65 bits per heavy atom. The molecule has 0 unspecified atom stereocenters. The van der Waals surface area contributed by atoms with Gasteiger partial charge in [-0.15, -0.1) is 0 Å². The second-order valence-corrected chi connectivity index (χ2v) is 6.93. The monoisotopic (exact) mass is 350 g/mol. The van der Waals surface area contributed by atoms with E-state index in [0.717, 1.165) is 42.3 Å². The lowest BCUT2D eigenvalue weighted by Crippen LogP contribution is -2.39. The molecule has 0 radical (unpaired) electrons. The van der Waals surface area contributed by atoms with Crippen LogP contribution in [0.2, 0.25) is 0 Å². The zero-order valence-corrected chi connectivity index (χ0v) is 15.0. The lowest BCUT2D eigenvalue weighted by atomic mass is 10.0. The first-order chi connectivity index (χ1) is 12.7. The van der Waals surface area contributed by atoms with Crippen LogP contribution in [0.3, 0.4) is 0 Å². The molecule has 3 aromatic rings. The van der Waals surface area contributed by atoms with E-state index in [4.69, 9.17) is 0 Å². The number of unbranched alkanes of at least 4 members (excludes halogenated alkanes) is 1. The first kappa shape index (κ1) is 16.8. The third-order valence-corrected chi connectivity index (χ3v) is 5.22. The van der Waals surface area contributed by atoms with Gasteiger partial charge in [0.05, 0.1) is 5.52 Å². The van der Waals surface area contributed by atoms with Crippen LogP contribution < -0.4 is 0 Å². The number of rotatable bonds is 5. The largest absolute Gasteiger partial charge is 0.337 e. The fourth-order valence-corrected chi connectivity index (χ4v) is 3.92. The summed E-state index contributed by atoms with van der Waals surface area (Å²) in [5, 5.41) is 0.874. The van der Waals surface area contributed by atoms with Crippen LogP contribution in [0.15, 0.2) is 48.5 Å². The van der Waals surface area contributed by atoms with E-state index in [1.54, 1.807) is 6.07 Å². The summed E-state index contributed by atoms with van der Waals surface area (Å²) in [4.78, 5) is 15.1. The van der Waals surface area contributed by atoms with E-state index >= 15 is 0 Å². The molecule has 1 aliphatic heterocycles. The van der Waals surface area contributed by atoms with Crippen molar-refractivity contribution in [2.75, 3.05) is 13.1 Å². The fraction of sp³-hybridized carbons (Fsp3) is 0.318. The predicted octanol–water partition coefficient (Wildman–Crippen LogP) is 4.63. The van der Waals surface area contributed by atoms with Crippen LogP contribution in [0, 0.1) is 5.82 Å². The number of halogens is 1. The van der Waals surface area contributed by atoms with Gasteiger partial charge in [-0.1, -0.05) is 55.8 Å². The van der Waals surface area contributed by atoms with Crippen LogP contribution >= 0.6 is 0 Å². The Labute approximate surface area is 153 Å². The van der Waals surface area contributed by atoms with Crippen LogP contribution in [0.4, 0.5) is 4.39 Å². The minimum absolute atomic E-state index is 0.0335. The smallest absolute Gasteiger partial charge is 0.270 e. The van der Waals surface area contributed by atoms with Crippen LogP contribution in [-0.2, 0) is 13.0 Å². The van der Waals surface area contributed by atoms with Gasteiger partial charge >= 0.3 is 0 Å². The molecule has 134 valence electrons. The molecule has 0 fully saturated rings. The van der Waals surface area contributed by atoms with Gasteiger partial charge in [-0.2, -0.15) is 0 Å². The SMILES string of the molecule is CCCCN1CCc2c(n(Cc3ccccc3)c3c(F)cccc23)C1=O. The highest BCUT2D eigenvalue weighted by atomic mass is 19.1. The Balaban J connectivity index is 1.87. The Morgan fingerprint density at radius 1 is 1.08 bits per heavy atom. The average molecular weight is 350 g/mol. The number of hydrogen-bond acceptors (Lipinski definition) is 1. The molecule has 0 spiro atoms. The first-order valence-electron chi connectivity index (χ1n) is 9.33. The molecule has 0 aliphatic carbocycles. The van der Waals surface area contributed by atoms with Crippen LogP contribution in [0.25, 0.3) is 10.9 Å². The second kappa shape index (κ2) is 6.94. The van der Waals surface area contributed by atoms with E-state index in [1.165, 1.54) is 6.07 Å². The van der Waals surface area contributed by atoms with Crippen molar-refractivity contribution in [2.45, 2.75) is 32.7 Å². The summed E-state index contributed by atoms with van der Waals surface area (Å²) in [5.41, 5.74) is 3.27. The predicted molar refractivity (Wildman–Crippen MR) is 102 cm³/mol. The van der Waals surface area contributed by atoms with E-state index in [2.05, 4.69) is 6.92 Å². The summed E-state index contributed by atoms with van der Waals surface area (Å²) < 4.78 is 16.6. The fourth-order valence-electron chi connectivity index (χ4n) is 3.92. The number of carbonyl (C=O) groups excluding carboxylic acids is 1. The van der Waals surface area contributed by atoms with Gasteiger partial charge in [0.2, 0.25) is 0 Å². The van der Waals surface area contributed by atoms with Crippen molar-refractivity contribution in [3.63, 3.8) is 0 Å². The van der Waals surface area contributed by atoms with Crippen molar-refractivity contribution in [3.8, 4) is 0 Å². The molecule has 26 heavy (non-hydrogen) atoms. The van der Waals surface area contributed by atoms with Gasteiger partial charge in [0.25, 0.3) is 5.91 Å². The summed E-state index contributed by atoms with van der Waals surface area (Å²) in [6, 6.07) is 15.1. The topological polar surface area (TPSA) is 25.2 Å². The van der Waals surface area contributed by atoms with Gasteiger partial charge < -0.3 is 9.47 Å².